The Labute approximate surface area is 140 Å². The quantitative estimate of drug-likeness (QED) is 0.832. The van der Waals surface area contributed by atoms with E-state index < -0.39 is 6.10 Å². The maximum Gasteiger partial charge on any atom is 0.153 e. The molecule has 126 valence electrons. The molecule has 2 aromatic rings. The second-order valence-corrected chi connectivity index (χ2v) is 5.42. The first-order valence-corrected chi connectivity index (χ1v) is 7.53. The Morgan fingerprint density at radius 3 is 2.54 bits per heavy atom. The molecule has 24 heavy (non-hydrogen) atoms. The fraction of sp³-hybridized carbons (Fsp3) is 0.263. The van der Waals surface area contributed by atoms with Crippen LogP contribution in [-0.4, -0.2) is 27.9 Å². The van der Waals surface area contributed by atoms with Crippen molar-refractivity contribution in [2.75, 3.05) is 27.9 Å². The van der Waals surface area contributed by atoms with Gasteiger partial charge in [-0.15, -0.1) is 0 Å². The molecule has 3 rings (SSSR count). The Morgan fingerprint density at radius 1 is 1.00 bits per heavy atom. The number of ether oxygens (including phenoxy) is 4. The van der Waals surface area contributed by atoms with E-state index >= 15 is 0 Å². The molecule has 0 aromatic heterocycles. The molecule has 0 saturated heterocycles. The zero-order chi connectivity index (χ0) is 17.1. The highest BCUT2D eigenvalue weighted by Gasteiger charge is 2.27. The van der Waals surface area contributed by atoms with Gasteiger partial charge in [0.1, 0.15) is 29.7 Å². The van der Waals surface area contributed by atoms with Crippen LogP contribution in [0.5, 0.6) is 11.5 Å². The molecule has 2 aromatic carbocycles. The van der Waals surface area contributed by atoms with Gasteiger partial charge in [-0.05, 0) is 35.9 Å². The second-order valence-electron chi connectivity index (χ2n) is 5.42. The van der Waals surface area contributed by atoms with Crippen molar-refractivity contribution in [2.24, 2.45) is 0 Å². The Hall–Kier alpha value is -2.53. The molecule has 1 heterocycles. The lowest BCUT2D eigenvalue weighted by molar-refractivity contribution is 0.0938. The molecule has 4 nitrogen and oxygen atoms in total. The van der Waals surface area contributed by atoms with Gasteiger partial charge in [0.2, 0.25) is 0 Å². The molecule has 0 N–H and O–H groups in total. The van der Waals surface area contributed by atoms with Gasteiger partial charge in [0.15, 0.2) is 6.10 Å². The number of methoxy groups -OCH3 is 3. The van der Waals surface area contributed by atoms with E-state index in [4.69, 9.17) is 18.9 Å². The van der Waals surface area contributed by atoms with Crippen LogP contribution in [0.25, 0.3) is 6.08 Å². The SMILES string of the molecule is COCC1=Cc2ccc(F)cc2C(c2ccc(OC)cc2OC)O1. The average Bonchev–Trinajstić information content (AvgIpc) is 2.61. The van der Waals surface area contributed by atoms with Crippen LogP contribution >= 0.6 is 0 Å². The van der Waals surface area contributed by atoms with Crippen molar-refractivity contribution in [1.82, 2.24) is 0 Å². The van der Waals surface area contributed by atoms with Crippen molar-refractivity contribution in [3.63, 3.8) is 0 Å². The largest absolute Gasteiger partial charge is 0.497 e. The molecule has 0 saturated carbocycles. The predicted octanol–water partition coefficient (Wildman–Crippen LogP) is 3.95. The van der Waals surface area contributed by atoms with Crippen LogP contribution in [0.1, 0.15) is 22.8 Å². The van der Waals surface area contributed by atoms with E-state index in [1.54, 1.807) is 33.5 Å². The molecule has 0 radical (unpaired) electrons. The lowest BCUT2D eigenvalue weighted by Gasteiger charge is -2.28. The highest BCUT2D eigenvalue weighted by molar-refractivity contribution is 5.61. The third-order valence-electron chi connectivity index (χ3n) is 3.93. The standard InChI is InChI=1S/C19H19FO4/c1-21-11-15-8-12-4-5-13(20)9-17(12)19(24-15)16-7-6-14(22-2)10-18(16)23-3/h4-10,19H,11H2,1-3H3. The first-order chi connectivity index (χ1) is 11.7. The van der Waals surface area contributed by atoms with Crippen LogP contribution in [0, 0.1) is 5.82 Å². The predicted molar refractivity (Wildman–Crippen MR) is 88.7 cm³/mol. The summed E-state index contributed by atoms with van der Waals surface area (Å²) in [6.45, 7) is 0.339. The van der Waals surface area contributed by atoms with E-state index in [0.717, 1.165) is 16.7 Å². The van der Waals surface area contributed by atoms with Crippen molar-refractivity contribution in [3.05, 3.63) is 64.7 Å². The molecule has 1 atom stereocenters. The van der Waals surface area contributed by atoms with E-state index in [1.165, 1.54) is 12.1 Å². The summed E-state index contributed by atoms with van der Waals surface area (Å²) in [6, 6.07) is 10.1. The fourth-order valence-corrected chi connectivity index (χ4v) is 2.81. The number of hydrogen-bond acceptors (Lipinski definition) is 4. The summed E-state index contributed by atoms with van der Waals surface area (Å²) in [4.78, 5) is 0. The molecule has 1 unspecified atom stereocenters. The van der Waals surface area contributed by atoms with Gasteiger partial charge in [-0.1, -0.05) is 6.07 Å². The van der Waals surface area contributed by atoms with Gasteiger partial charge >= 0.3 is 0 Å². The Bertz CT molecular complexity index is 770. The Morgan fingerprint density at radius 2 is 1.83 bits per heavy atom. The molecular formula is C19H19FO4. The normalized spacial score (nSPS) is 16.0. The maximum absolute atomic E-state index is 13.8. The van der Waals surface area contributed by atoms with Crippen LogP contribution in [0.4, 0.5) is 4.39 Å². The molecular weight excluding hydrogens is 311 g/mol. The highest BCUT2D eigenvalue weighted by atomic mass is 19.1. The zero-order valence-corrected chi connectivity index (χ0v) is 13.8. The van der Waals surface area contributed by atoms with Crippen LogP contribution in [0.15, 0.2) is 42.2 Å². The van der Waals surface area contributed by atoms with Gasteiger partial charge < -0.3 is 18.9 Å². The van der Waals surface area contributed by atoms with Crippen molar-refractivity contribution in [3.8, 4) is 11.5 Å². The zero-order valence-electron chi connectivity index (χ0n) is 13.8. The van der Waals surface area contributed by atoms with Gasteiger partial charge in [0, 0.05) is 24.3 Å². The molecule has 0 aliphatic carbocycles. The van der Waals surface area contributed by atoms with Crippen LogP contribution < -0.4 is 9.47 Å². The minimum absolute atomic E-state index is 0.307. The molecule has 0 bridgehead atoms. The summed E-state index contributed by atoms with van der Waals surface area (Å²) < 4.78 is 35.7. The molecule has 5 heteroatoms. The summed E-state index contributed by atoms with van der Waals surface area (Å²) in [7, 11) is 4.78. The van der Waals surface area contributed by atoms with E-state index in [-0.39, 0.29) is 5.82 Å². The minimum atomic E-state index is -0.480. The average molecular weight is 330 g/mol. The molecule has 1 aliphatic rings. The van der Waals surface area contributed by atoms with Crippen LogP contribution in [0.2, 0.25) is 0 Å². The first kappa shape index (κ1) is 16.3. The van der Waals surface area contributed by atoms with E-state index in [9.17, 15) is 4.39 Å². The third kappa shape index (κ3) is 3.08. The maximum atomic E-state index is 13.8. The number of hydrogen-bond donors (Lipinski definition) is 0. The number of rotatable bonds is 5. The smallest absolute Gasteiger partial charge is 0.153 e. The molecule has 1 aliphatic heterocycles. The Balaban J connectivity index is 2.11. The summed E-state index contributed by atoms with van der Waals surface area (Å²) in [5, 5.41) is 0. The van der Waals surface area contributed by atoms with Gasteiger partial charge in [-0.2, -0.15) is 0 Å². The van der Waals surface area contributed by atoms with Crippen molar-refractivity contribution in [2.45, 2.75) is 6.10 Å². The topological polar surface area (TPSA) is 36.9 Å². The van der Waals surface area contributed by atoms with Gasteiger partial charge in [0.05, 0.1) is 14.2 Å². The summed E-state index contributed by atoms with van der Waals surface area (Å²) in [5.74, 6) is 1.67. The lowest BCUT2D eigenvalue weighted by Crippen LogP contribution is -2.15. The fourth-order valence-electron chi connectivity index (χ4n) is 2.81. The van der Waals surface area contributed by atoms with E-state index in [0.29, 0.717) is 23.9 Å². The second kappa shape index (κ2) is 6.93. The number of benzene rings is 2. The summed E-state index contributed by atoms with van der Waals surface area (Å²) >= 11 is 0. The van der Waals surface area contributed by atoms with Gasteiger partial charge in [-0.3, -0.25) is 0 Å². The summed E-state index contributed by atoms with van der Waals surface area (Å²) in [5.41, 5.74) is 2.45. The van der Waals surface area contributed by atoms with Crippen molar-refractivity contribution >= 4 is 6.08 Å². The van der Waals surface area contributed by atoms with E-state index in [1.807, 2.05) is 18.2 Å². The number of fused-ring (bicyclic) bond motifs is 1. The number of halogens is 1. The van der Waals surface area contributed by atoms with Gasteiger partial charge in [-0.25, -0.2) is 4.39 Å². The first-order valence-electron chi connectivity index (χ1n) is 7.53. The van der Waals surface area contributed by atoms with Crippen molar-refractivity contribution < 1.29 is 23.3 Å². The Kier molecular flexibility index (Phi) is 4.71. The van der Waals surface area contributed by atoms with Crippen molar-refractivity contribution in [1.29, 1.82) is 0 Å². The summed E-state index contributed by atoms with van der Waals surface area (Å²) in [6.07, 6.45) is 1.39. The third-order valence-corrected chi connectivity index (χ3v) is 3.93. The molecule has 0 fully saturated rings. The van der Waals surface area contributed by atoms with Crippen LogP contribution in [0.3, 0.4) is 0 Å². The monoisotopic (exact) mass is 330 g/mol. The molecule has 0 amide bonds. The minimum Gasteiger partial charge on any atom is -0.497 e. The van der Waals surface area contributed by atoms with Gasteiger partial charge in [0.25, 0.3) is 0 Å². The lowest BCUT2D eigenvalue weighted by atomic mass is 9.93. The van der Waals surface area contributed by atoms with Crippen LogP contribution in [-0.2, 0) is 9.47 Å². The molecule has 0 spiro atoms. The highest BCUT2D eigenvalue weighted by Crippen LogP contribution is 2.41. The van der Waals surface area contributed by atoms with E-state index in [2.05, 4.69) is 0 Å².